The molecule has 0 unspecified atom stereocenters. The topological polar surface area (TPSA) is 54.5 Å². The Morgan fingerprint density at radius 2 is 2.06 bits per heavy atom. The number of aromatic nitrogens is 1. The minimum atomic E-state index is 0. The van der Waals surface area contributed by atoms with Gasteiger partial charge in [-0.1, -0.05) is 0 Å². The van der Waals surface area contributed by atoms with Crippen molar-refractivity contribution in [3.63, 3.8) is 0 Å². The molecule has 0 atom stereocenters. The van der Waals surface area contributed by atoms with E-state index in [1.807, 2.05) is 18.5 Å². The smallest absolute Gasteiger partial charge is 0.191 e. The summed E-state index contributed by atoms with van der Waals surface area (Å²) in [7, 11) is 0. The van der Waals surface area contributed by atoms with Crippen LogP contribution >= 0.6 is 24.0 Å². The van der Waals surface area contributed by atoms with E-state index >= 15 is 0 Å². The van der Waals surface area contributed by atoms with E-state index in [0.717, 1.165) is 26.1 Å². The van der Waals surface area contributed by atoms with Crippen molar-refractivity contribution in [2.24, 2.45) is 10.7 Å². The maximum atomic E-state index is 5.90. The maximum Gasteiger partial charge on any atom is 0.191 e. The van der Waals surface area contributed by atoms with E-state index in [-0.39, 0.29) is 24.0 Å². The molecule has 1 heterocycles. The van der Waals surface area contributed by atoms with Gasteiger partial charge < -0.3 is 10.6 Å². The summed E-state index contributed by atoms with van der Waals surface area (Å²) in [5.41, 5.74) is 8.40. The van der Waals surface area contributed by atoms with Crippen LogP contribution in [0.3, 0.4) is 0 Å². The second-order valence-corrected chi connectivity index (χ2v) is 3.96. The van der Waals surface area contributed by atoms with Crippen LogP contribution in [0.2, 0.25) is 0 Å². The second kappa shape index (κ2) is 9.13. The molecule has 1 rings (SSSR count). The van der Waals surface area contributed by atoms with Crippen molar-refractivity contribution in [1.29, 1.82) is 0 Å². The molecule has 4 nitrogen and oxygen atoms in total. The first-order valence-electron chi connectivity index (χ1n) is 6.13. The molecule has 0 saturated heterocycles. The fraction of sp³-hybridized carbons (Fsp3) is 0.538. The number of hydrogen-bond acceptors (Lipinski definition) is 2. The average molecular weight is 362 g/mol. The van der Waals surface area contributed by atoms with Crippen LogP contribution in [0.25, 0.3) is 0 Å². The number of rotatable bonds is 5. The molecular formula is C13H23IN4. The highest BCUT2D eigenvalue weighted by Crippen LogP contribution is 2.05. The first-order chi connectivity index (χ1) is 8.19. The third kappa shape index (κ3) is 5.20. The highest BCUT2D eigenvalue weighted by molar-refractivity contribution is 14.0. The van der Waals surface area contributed by atoms with Crippen molar-refractivity contribution >= 4 is 29.9 Å². The number of nitrogens with two attached hydrogens (primary N) is 1. The van der Waals surface area contributed by atoms with Gasteiger partial charge in [-0.2, -0.15) is 0 Å². The minimum Gasteiger partial charge on any atom is -0.370 e. The van der Waals surface area contributed by atoms with Gasteiger partial charge in [-0.05, 0) is 44.4 Å². The molecule has 102 valence electrons. The van der Waals surface area contributed by atoms with Gasteiger partial charge in [-0.3, -0.25) is 9.98 Å². The molecule has 0 amide bonds. The van der Waals surface area contributed by atoms with Crippen molar-refractivity contribution < 1.29 is 0 Å². The summed E-state index contributed by atoms with van der Waals surface area (Å²) in [6, 6.07) is 2.04. The molecule has 0 aliphatic heterocycles. The monoisotopic (exact) mass is 362 g/mol. The quantitative estimate of drug-likeness (QED) is 0.497. The molecule has 0 aliphatic carbocycles. The molecule has 0 saturated carbocycles. The summed E-state index contributed by atoms with van der Waals surface area (Å²) in [4.78, 5) is 10.5. The Morgan fingerprint density at radius 3 is 2.61 bits per heavy atom. The van der Waals surface area contributed by atoms with Gasteiger partial charge in [-0.15, -0.1) is 24.0 Å². The van der Waals surface area contributed by atoms with Crippen LogP contribution in [-0.4, -0.2) is 35.5 Å². The van der Waals surface area contributed by atoms with Gasteiger partial charge >= 0.3 is 0 Å². The molecule has 2 N–H and O–H groups in total. The fourth-order valence-corrected chi connectivity index (χ4v) is 1.72. The zero-order valence-corrected chi connectivity index (χ0v) is 13.7. The van der Waals surface area contributed by atoms with Crippen LogP contribution in [-0.2, 0) is 6.42 Å². The van der Waals surface area contributed by atoms with Crippen LogP contribution in [0, 0.1) is 6.92 Å². The molecule has 0 spiro atoms. The van der Waals surface area contributed by atoms with Crippen LogP contribution in [0.15, 0.2) is 23.5 Å². The summed E-state index contributed by atoms with van der Waals surface area (Å²) in [5.74, 6) is 0.640. The summed E-state index contributed by atoms with van der Waals surface area (Å²) in [6.45, 7) is 8.77. The van der Waals surface area contributed by atoms with E-state index in [9.17, 15) is 0 Å². The molecule has 0 bridgehead atoms. The molecule has 0 aliphatic rings. The van der Waals surface area contributed by atoms with Gasteiger partial charge in [0, 0.05) is 32.0 Å². The van der Waals surface area contributed by atoms with Gasteiger partial charge in [0.05, 0.1) is 0 Å². The van der Waals surface area contributed by atoms with Gasteiger partial charge in [0.1, 0.15) is 0 Å². The zero-order chi connectivity index (χ0) is 12.7. The largest absolute Gasteiger partial charge is 0.370 e. The molecule has 5 heteroatoms. The Morgan fingerprint density at radius 1 is 1.39 bits per heavy atom. The highest BCUT2D eigenvalue weighted by atomic mass is 127. The number of nitrogens with zero attached hydrogens (tertiary/aromatic N) is 3. The normalized spacial score (nSPS) is 10.9. The molecule has 18 heavy (non-hydrogen) atoms. The van der Waals surface area contributed by atoms with Crippen molar-refractivity contribution in [2.45, 2.75) is 27.2 Å². The maximum absolute atomic E-state index is 5.90. The lowest BCUT2D eigenvalue weighted by Crippen LogP contribution is -2.37. The van der Waals surface area contributed by atoms with Gasteiger partial charge in [0.25, 0.3) is 0 Å². The first-order valence-corrected chi connectivity index (χ1v) is 6.13. The lowest BCUT2D eigenvalue weighted by molar-refractivity contribution is 0.458. The fourth-order valence-electron chi connectivity index (χ4n) is 1.72. The Balaban J connectivity index is 0.00000289. The third-order valence-corrected chi connectivity index (χ3v) is 2.88. The van der Waals surface area contributed by atoms with Gasteiger partial charge in [0.15, 0.2) is 5.96 Å². The average Bonchev–Trinajstić information content (AvgIpc) is 2.33. The Bertz CT molecular complexity index is 375. The van der Waals surface area contributed by atoms with Crippen molar-refractivity contribution in [3.8, 4) is 0 Å². The number of aryl methyl sites for hydroxylation is 1. The number of hydrogen-bond donors (Lipinski definition) is 1. The third-order valence-electron chi connectivity index (χ3n) is 2.88. The molecule has 0 aromatic carbocycles. The Kier molecular flexibility index (Phi) is 8.70. The van der Waals surface area contributed by atoms with Crippen molar-refractivity contribution in [2.75, 3.05) is 19.6 Å². The van der Waals surface area contributed by atoms with Crippen LogP contribution < -0.4 is 5.73 Å². The van der Waals surface area contributed by atoms with E-state index in [0.29, 0.717) is 5.96 Å². The highest BCUT2D eigenvalue weighted by Gasteiger charge is 2.02. The summed E-state index contributed by atoms with van der Waals surface area (Å²) in [6.07, 6.45) is 4.61. The second-order valence-electron chi connectivity index (χ2n) is 3.96. The van der Waals surface area contributed by atoms with Crippen molar-refractivity contribution in [1.82, 2.24) is 9.88 Å². The van der Waals surface area contributed by atoms with Crippen LogP contribution in [0.5, 0.6) is 0 Å². The van der Waals surface area contributed by atoms with E-state index < -0.39 is 0 Å². The minimum absolute atomic E-state index is 0. The molecule has 0 radical (unpaired) electrons. The Labute approximate surface area is 127 Å². The van der Waals surface area contributed by atoms with Gasteiger partial charge in [0.2, 0.25) is 0 Å². The van der Waals surface area contributed by atoms with E-state index in [4.69, 9.17) is 5.73 Å². The molecule has 1 aromatic rings. The SMILES string of the molecule is CCN(CC)C(N)=NCCc1ccncc1C.I. The Hall–Kier alpha value is -0.850. The van der Waals surface area contributed by atoms with Crippen LogP contribution in [0.1, 0.15) is 25.0 Å². The van der Waals surface area contributed by atoms with Crippen LogP contribution in [0.4, 0.5) is 0 Å². The summed E-state index contributed by atoms with van der Waals surface area (Å²) >= 11 is 0. The summed E-state index contributed by atoms with van der Waals surface area (Å²) < 4.78 is 0. The first kappa shape index (κ1) is 17.2. The number of pyridine rings is 1. The standard InChI is InChI=1S/C13H22N4.HI/c1-4-17(5-2)13(14)16-9-7-12-6-8-15-10-11(12)3;/h6,8,10H,4-5,7,9H2,1-3H3,(H2,14,16);1H. The van der Waals surface area contributed by atoms with E-state index in [1.54, 1.807) is 0 Å². The predicted molar refractivity (Wildman–Crippen MR) is 87.5 cm³/mol. The van der Waals surface area contributed by atoms with E-state index in [1.165, 1.54) is 11.1 Å². The predicted octanol–water partition coefficient (Wildman–Crippen LogP) is 2.21. The number of guanidine groups is 1. The lowest BCUT2D eigenvalue weighted by atomic mass is 10.1. The molecular weight excluding hydrogens is 339 g/mol. The zero-order valence-electron chi connectivity index (χ0n) is 11.4. The molecule has 1 aromatic heterocycles. The number of aliphatic imine (C=N–C) groups is 1. The summed E-state index contributed by atoms with van der Waals surface area (Å²) in [5, 5.41) is 0. The van der Waals surface area contributed by atoms with Crippen molar-refractivity contribution in [3.05, 3.63) is 29.6 Å². The molecule has 0 fully saturated rings. The van der Waals surface area contributed by atoms with Gasteiger partial charge in [-0.25, -0.2) is 0 Å². The lowest BCUT2D eigenvalue weighted by Gasteiger charge is -2.19. The number of halogens is 1. The van der Waals surface area contributed by atoms with E-state index in [2.05, 4.69) is 35.6 Å².